The van der Waals surface area contributed by atoms with Gasteiger partial charge >= 0.3 is 0 Å². The number of rotatable bonds is 5. The quantitative estimate of drug-likeness (QED) is 0.734. The van der Waals surface area contributed by atoms with Gasteiger partial charge < -0.3 is 14.2 Å². The molecule has 2 fully saturated rings. The van der Waals surface area contributed by atoms with Gasteiger partial charge in [0.1, 0.15) is 0 Å². The highest BCUT2D eigenvalue weighted by molar-refractivity contribution is 5.92. The van der Waals surface area contributed by atoms with Gasteiger partial charge in [-0.1, -0.05) is 11.2 Å². The molecule has 0 bridgehead atoms. The zero-order valence-electron chi connectivity index (χ0n) is 13.4. The van der Waals surface area contributed by atoms with Crippen LogP contribution in [0.25, 0.3) is 0 Å². The Labute approximate surface area is 136 Å². The molecule has 0 aromatic carbocycles. The summed E-state index contributed by atoms with van der Waals surface area (Å²) in [4.78, 5) is 18.9. The third-order valence-electron chi connectivity index (χ3n) is 4.31. The number of amides is 1. The van der Waals surface area contributed by atoms with E-state index in [1.165, 1.54) is 0 Å². The molecule has 2 aliphatic rings. The van der Waals surface area contributed by atoms with Crippen LogP contribution in [0.5, 0.6) is 0 Å². The summed E-state index contributed by atoms with van der Waals surface area (Å²) >= 11 is 0. The van der Waals surface area contributed by atoms with Gasteiger partial charge in [0.15, 0.2) is 11.5 Å². The predicted molar refractivity (Wildman–Crippen MR) is 85.1 cm³/mol. The van der Waals surface area contributed by atoms with E-state index in [0.29, 0.717) is 12.2 Å². The van der Waals surface area contributed by atoms with E-state index in [9.17, 15) is 4.79 Å². The first-order valence-electron chi connectivity index (χ1n) is 8.14. The summed E-state index contributed by atoms with van der Waals surface area (Å²) < 4.78 is 10.7. The molecule has 0 N–H and O–H groups in total. The fourth-order valence-electron chi connectivity index (χ4n) is 2.95. The van der Waals surface area contributed by atoms with Gasteiger partial charge in [0.25, 0.3) is 5.91 Å². The van der Waals surface area contributed by atoms with Crippen molar-refractivity contribution in [1.82, 2.24) is 19.9 Å². The largest absolute Gasteiger partial charge is 0.379 e. The lowest BCUT2D eigenvalue weighted by Crippen LogP contribution is -2.48. The third-order valence-corrected chi connectivity index (χ3v) is 4.31. The van der Waals surface area contributed by atoms with Crippen LogP contribution in [-0.4, -0.2) is 84.8 Å². The summed E-state index contributed by atoms with van der Waals surface area (Å²) in [5.41, 5.74) is 0.408. The number of nitrogens with zero attached hydrogens (tertiary/aromatic N) is 4. The zero-order chi connectivity index (χ0) is 16.1. The standard InChI is InChI=1S/C16H24N4O3/c1-2-3-18-4-6-20(7-5-18)16(21)15-12-14(23-17-15)13-19-8-10-22-11-9-19/h2,12H,1,3-11,13H2. The fraction of sp³-hybridized carbons (Fsp3) is 0.625. The maximum absolute atomic E-state index is 12.5. The smallest absolute Gasteiger partial charge is 0.276 e. The van der Waals surface area contributed by atoms with Crippen LogP contribution in [0.4, 0.5) is 0 Å². The first kappa shape index (κ1) is 16.2. The molecule has 0 spiro atoms. The van der Waals surface area contributed by atoms with Crippen molar-refractivity contribution in [2.24, 2.45) is 0 Å². The van der Waals surface area contributed by atoms with Crippen molar-refractivity contribution in [3.8, 4) is 0 Å². The Kier molecular flexibility index (Phi) is 5.43. The summed E-state index contributed by atoms with van der Waals surface area (Å²) in [7, 11) is 0. The number of hydrogen-bond acceptors (Lipinski definition) is 6. The Hall–Kier alpha value is -1.70. The Balaban J connectivity index is 1.53. The monoisotopic (exact) mass is 320 g/mol. The first-order valence-corrected chi connectivity index (χ1v) is 8.14. The molecule has 2 saturated heterocycles. The van der Waals surface area contributed by atoms with E-state index in [0.717, 1.165) is 64.8 Å². The second-order valence-electron chi connectivity index (χ2n) is 5.95. The average molecular weight is 320 g/mol. The van der Waals surface area contributed by atoms with Crippen LogP contribution >= 0.6 is 0 Å². The normalized spacial score (nSPS) is 20.6. The van der Waals surface area contributed by atoms with Crippen molar-refractivity contribution in [1.29, 1.82) is 0 Å². The Morgan fingerprint density at radius 1 is 1.17 bits per heavy atom. The van der Waals surface area contributed by atoms with Crippen molar-refractivity contribution in [3.05, 3.63) is 30.2 Å². The van der Waals surface area contributed by atoms with E-state index in [4.69, 9.17) is 9.26 Å². The van der Waals surface area contributed by atoms with Gasteiger partial charge in [-0.2, -0.15) is 0 Å². The average Bonchev–Trinajstić information content (AvgIpc) is 3.05. The van der Waals surface area contributed by atoms with E-state index in [1.54, 1.807) is 6.07 Å². The van der Waals surface area contributed by atoms with Gasteiger partial charge in [-0.05, 0) is 0 Å². The molecule has 23 heavy (non-hydrogen) atoms. The van der Waals surface area contributed by atoms with Crippen molar-refractivity contribution < 1.29 is 14.1 Å². The van der Waals surface area contributed by atoms with E-state index >= 15 is 0 Å². The second-order valence-corrected chi connectivity index (χ2v) is 5.95. The molecule has 126 valence electrons. The molecule has 7 nitrogen and oxygen atoms in total. The molecule has 2 aliphatic heterocycles. The summed E-state index contributed by atoms with van der Waals surface area (Å²) in [6.07, 6.45) is 1.90. The maximum atomic E-state index is 12.5. The van der Waals surface area contributed by atoms with E-state index in [2.05, 4.69) is 21.5 Å². The topological polar surface area (TPSA) is 62.0 Å². The minimum atomic E-state index is -0.0415. The number of morpholine rings is 1. The highest BCUT2D eigenvalue weighted by atomic mass is 16.5. The van der Waals surface area contributed by atoms with Gasteiger partial charge in [0, 0.05) is 51.9 Å². The highest BCUT2D eigenvalue weighted by Crippen LogP contribution is 2.12. The van der Waals surface area contributed by atoms with Crippen molar-refractivity contribution in [3.63, 3.8) is 0 Å². The molecule has 1 aromatic rings. The summed E-state index contributed by atoms with van der Waals surface area (Å²) in [5.74, 6) is 0.695. The lowest BCUT2D eigenvalue weighted by Gasteiger charge is -2.33. The van der Waals surface area contributed by atoms with Crippen LogP contribution in [0.15, 0.2) is 23.2 Å². The molecule has 7 heteroatoms. The second kappa shape index (κ2) is 7.72. The van der Waals surface area contributed by atoms with E-state index in [-0.39, 0.29) is 5.91 Å². The predicted octanol–water partition coefficient (Wildman–Crippen LogP) is 0.451. The Morgan fingerprint density at radius 3 is 2.61 bits per heavy atom. The lowest BCUT2D eigenvalue weighted by atomic mass is 10.2. The highest BCUT2D eigenvalue weighted by Gasteiger charge is 2.24. The number of ether oxygens (including phenoxy) is 1. The van der Waals surface area contributed by atoms with E-state index < -0.39 is 0 Å². The molecular formula is C16H24N4O3. The van der Waals surface area contributed by atoms with Crippen molar-refractivity contribution >= 4 is 5.91 Å². The van der Waals surface area contributed by atoms with Crippen LogP contribution < -0.4 is 0 Å². The number of aromatic nitrogens is 1. The van der Waals surface area contributed by atoms with Crippen LogP contribution in [0.3, 0.4) is 0 Å². The Bertz CT molecular complexity index is 531. The molecule has 0 saturated carbocycles. The molecule has 3 rings (SSSR count). The van der Waals surface area contributed by atoms with Gasteiger partial charge in [0.2, 0.25) is 0 Å². The third kappa shape index (κ3) is 4.19. The van der Waals surface area contributed by atoms with Crippen molar-refractivity contribution in [2.45, 2.75) is 6.54 Å². The summed E-state index contributed by atoms with van der Waals surface area (Å²) in [5, 5.41) is 3.96. The first-order chi connectivity index (χ1) is 11.3. The SMILES string of the molecule is C=CCN1CCN(C(=O)c2cc(CN3CCOCC3)on2)CC1. The molecule has 0 atom stereocenters. The van der Waals surface area contributed by atoms with Gasteiger partial charge in [-0.15, -0.1) is 6.58 Å². The molecule has 0 aliphatic carbocycles. The molecule has 0 unspecified atom stereocenters. The van der Waals surface area contributed by atoms with Crippen LogP contribution in [-0.2, 0) is 11.3 Å². The van der Waals surface area contributed by atoms with Gasteiger partial charge in [0.05, 0.1) is 19.8 Å². The zero-order valence-corrected chi connectivity index (χ0v) is 13.4. The van der Waals surface area contributed by atoms with Crippen LogP contribution in [0.1, 0.15) is 16.2 Å². The fourth-order valence-corrected chi connectivity index (χ4v) is 2.95. The molecule has 1 amide bonds. The lowest BCUT2D eigenvalue weighted by molar-refractivity contribution is 0.0305. The molecule has 1 aromatic heterocycles. The van der Waals surface area contributed by atoms with Crippen LogP contribution in [0.2, 0.25) is 0 Å². The maximum Gasteiger partial charge on any atom is 0.276 e. The van der Waals surface area contributed by atoms with Gasteiger partial charge in [-0.25, -0.2) is 0 Å². The molecule has 0 radical (unpaired) electrons. The number of piperazine rings is 1. The minimum Gasteiger partial charge on any atom is -0.379 e. The summed E-state index contributed by atoms with van der Waals surface area (Å²) in [6.45, 7) is 11.7. The van der Waals surface area contributed by atoms with E-state index in [1.807, 2.05) is 11.0 Å². The number of carbonyl (C=O) groups is 1. The Morgan fingerprint density at radius 2 is 1.91 bits per heavy atom. The van der Waals surface area contributed by atoms with Crippen LogP contribution in [0, 0.1) is 0 Å². The van der Waals surface area contributed by atoms with Crippen molar-refractivity contribution in [2.75, 3.05) is 59.0 Å². The molecular weight excluding hydrogens is 296 g/mol. The number of hydrogen-bond donors (Lipinski definition) is 0. The minimum absolute atomic E-state index is 0.0415. The molecule has 3 heterocycles. The number of carbonyl (C=O) groups excluding carboxylic acids is 1. The van der Waals surface area contributed by atoms with Gasteiger partial charge in [-0.3, -0.25) is 14.6 Å². The summed E-state index contributed by atoms with van der Waals surface area (Å²) in [6, 6.07) is 1.77.